The lowest BCUT2D eigenvalue weighted by atomic mass is 9.86. The molecule has 0 saturated heterocycles. The molecule has 0 amide bonds. The fourth-order valence-corrected chi connectivity index (χ4v) is 6.30. The van der Waals surface area contributed by atoms with E-state index in [0.717, 1.165) is 22.7 Å². The predicted molar refractivity (Wildman–Crippen MR) is 191 cm³/mol. The maximum Gasteiger partial charge on any atom is 0.0464 e. The first-order valence-electron chi connectivity index (χ1n) is 15.1. The molecule has 1 nitrogen and oxygen atoms in total. The van der Waals surface area contributed by atoms with Crippen LogP contribution < -0.4 is 5.32 Å². The first kappa shape index (κ1) is 27.8. The van der Waals surface area contributed by atoms with E-state index < -0.39 is 0 Å². The van der Waals surface area contributed by atoms with Crippen molar-refractivity contribution in [3.63, 3.8) is 0 Å². The number of para-hydroxylation sites is 1. The lowest BCUT2D eigenvalue weighted by Gasteiger charge is -2.20. The van der Waals surface area contributed by atoms with E-state index in [2.05, 4.69) is 163 Å². The van der Waals surface area contributed by atoms with Gasteiger partial charge in [-0.05, 0) is 87.3 Å². The third-order valence-corrected chi connectivity index (χ3v) is 8.67. The largest absolute Gasteiger partial charge is 0.355 e. The van der Waals surface area contributed by atoms with Gasteiger partial charge in [-0.1, -0.05) is 133 Å². The van der Waals surface area contributed by atoms with Gasteiger partial charge in [-0.25, -0.2) is 0 Å². The fourth-order valence-electron chi connectivity index (χ4n) is 6.01. The number of hydrogen-bond acceptors (Lipinski definition) is 2. The Bertz CT molecular complexity index is 1970. The number of benzene rings is 6. The summed E-state index contributed by atoms with van der Waals surface area (Å²) in [4.78, 5) is 1.00. The topological polar surface area (TPSA) is 12.0 Å². The molecule has 0 aliphatic heterocycles. The Kier molecular flexibility index (Phi) is 7.99. The minimum absolute atomic E-state index is 0.291. The van der Waals surface area contributed by atoms with E-state index in [-0.39, 0.29) is 0 Å². The van der Waals surface area contributed by atoms with Crippen molar-refractivity contribution in [2.45, 2.75) is 17.2 Å². The highest BCUT2D eigenvalue weighted by Crippen LogP contribution is 2.39. The summed E-state index contributed by atoms with van der Waals surface area (Å²) in [5.74, 6) is 0.291. The van der Waals surface area contributed by atoms with Gasteiger partial charge in [-0.2, -0.15) is 0 Å². The second kappa shape index (κ2) is 12.7. The van der Waals surface area contributed by atoms with E-state index in [1.165, 1.54) is 50.1 Å². The zero-order valence-corrected chi connectivity index (χ0v) is 25.3. The van der Waals surface area contributed by atoms with Crippen molar-refractivity contribution in [1.29, 1.82) is 0 Å². The molecule has 0 aromatic heterocycles. The highest BCUT2D eigenvalue weighted by atomic mass is 32.1. The van der Waals surface area contributed by atoms with Crippen LogP contribution in [0.3, 0.4) is 0 Å². The number of nitrogens with one attached hydrogen (secondary N) is 1. The molecule has 0 saturated carbocycles. The number of rotatable bonds is 7. The van der Waals surface area contributed by atoms with Crippen molar-refractivity contribution in [3.05, 3.63) is 181 Å². The van der Waals surface area contributed by atoms with Gasteiger partial charge >= 0.3 is 0 Å². The summed E-state index contributed by atoms with van der Waals surface area (Å²) >= 11 is 4.73. The molecule has 0 fully saturated rings. The molecule has 6 aromatic rings. The van der Waals surface area contributed by atoms with Gasteiger partial charge in [-0.3, -0.25) is 0 Å². The fraction of sp³-hybridized carbons (Fsp3) is 0.0476. The number of thiol groups is 1. The Hall–Kier alpha value is -5.05. The zero-order valence-electron chi connectivity index (χ0n) is 24.4. The molecule has 0 spiro atoms. The lowest BCUT2D eigenvalue weighted by molar-refractivity contribution is 0.857. The minimum Gasteiger partial charge on any atom is -0.355 e. The average Bonchev–Trinajstić information content (AvgIpc) is 3.10. The number of anilines is 2. The smallest absolute Gasteiger partial charge is 0.0464 e. The van der Waals surface area contributed by atoms with Crippen LogP contribution >= 0.6 is 12.6 Å². The van der Waals surface area contributed by atoms with Crippen molar-refractivity contribution in [3.8, 4) is 33.4 Å². The predicted octanol–water partition coefficient (Wildman–Crippen LogP) is 11.8. The molecule has 212 valence electrons. The summed E-state index contributed by atoms with van der Waals surface area (Å²) in [5, 5.41) is 3.69. The maximum atomic E-state index is 4.73. The summed E-state index contributed by atoms with van der Waals surface area (Å²) < 4.78 is 0. The van der Waals surface area contributed by atoms with E-state index in [9.17, 15) is 0 Å². The van der Waals surface area contributed by atoms with Gasteiger partial charge in [0, 0.05) is 27.8 Å². The van der Waals surface area contributed by atoms with Crippen LogP contribution in [-0.2, 0) is 0 Å². The molecule has 6 aromatic carbocycles. The Morgan fingerprint density at radius 1 is 0.523 bits per heavy atom. The van der Waals surface area contributed by atoms with Gasteiger partial charge < -0.3 is 5.32 Å². The summed E-state index contributed by atoms with van der Waals surface area (Å²) in [6.45, 7) is 0. The van der Waals surface area contributed by atoms with Crippen LogP contribution in [0, 0.1) is 0 Å². The molecule has 1 aliphatic carbocycles. The normalized spacial score (nSPS) is 14.2. The SMILES string of the molecule is Sc1ccccc1C1=C[C@H](c2cccc(-c3cc(-c4cccc(-c5ccccc5)c4)ccc3Nc3ccccc3)c2)CC=C1. The minimum atomic E-state index is 0.291. The van der Waals surface area contributed by atoms with E-state index in [1.54, 1.807) is 0 Å². The standard InChI is InChI=1S/C42H33NS/c44-42-23-8-7-22-39(42)36-18-10-16-33(27-36)34-17-11-19-37(28-34)40-29-35(24-25-41(40)43-38-20-5-2-6-21-38)32-15-9-14-31(26-32)30-12-3-1-4-13-30/h1-15,17-29,33,43-44H,16H2/t33-/m1/s1. The van der Waals surface area contributed by atoms with Crippen molar-refractivity contribution in [2.75, 3.05) is 5.32 Å². The molecule has 1 N–H and O–H groups in total. The number of hydrogen-bond donors (Lipinski definition) is 2. The van der Waals surface area contributed by atoms with Crippen LogP contribution in [0.25, 0.3) is 39.0 Å². The first-order valence-corrected chi connectivity index (χ1v) is 15.5. The molecule has 2 heteroatoms. The van der Waals surface area contributed by atoms with Crippen molar-refractivity contribution in [2.24, 2.45) is 0 Å². The van der Waals surface area contributed by atoms with E-state index in [1.807, 2.05) is 12.1 Å². The third-order valence-electron chi connectivity index (χ3n) is 8.28. The van der Waals surface area contributed by atoms with E-state index >= 15 is 0 Å². The summed E-state index contributed by atoms with van der Waals surface area (Å²) in [6.07, 6.45) is 7.88. The maximum absolute atomic E-state index is 4.73. The summed E-state index contributed by atoms with van der Waals surface area (Å²) in [5.41, 5.74) is 13.1. The average molecular weight is 584 g/mol. The summed E-state index contributed by atoms with van der Waals surface area (Å²) in [6, 6.07) is 53.9. The molecule has 0 radical (unpaired) electrons. The molecular weight excluding hydrogens is 551 g/mol. The van der Waals surface area contributed by atoms with Gasteiger partial charge in [-0.15, -0.1) is 12.6 Å². The van der Waals surface area contributed by atoms with E-state index in [0.29, 0.717) is 5.92 Å². The van der Waals surface area contributed by atoms with Crippen molar-refractivity contribution in [1.82, 2.24) is 0 Å². The molecule has 44 heavy (non-hydrogen) atoms. The summed E-state index contributed by atoms with van der Waals surface area (Å²) in [7, 11) is 0. The second-order valence-corrected chi connectivity index (χ2v) is 11.7. The van der Waals surface area contributed by atoms with Gasteiger partial charge in [0.05, 0.1) is 0 Å². The quantitative estimate of drug-likeness (QED) is 0.178. The Morgan fingerprint density at radius 2 is 1.18 bits per heavy atom. The molecule has 1 aliphatic rings. The monoisotopic (exact) mass is 583 g/mol. The van der Waals surface area contributed by atoms with Crippen LogP contribution in [0.4, 0.5) is 11.4 Å². The Balaban J connectivity index is 1.29. The van der Waals surface area contributed by atoms with Gasteiger partial charge in [0.25, 0.3) is 0 Å². The van der Waals surface area contributed by atoms with Gasteiger partial charge in [0.15, 0.2) is 0 Å². The van der Waals surface area contributed by atoms with Crippen molar-refractivity contribution < 1.29 is 0 Å². The van der Waals surface area contributed by atoms with Crippen LogP contribution in [-0.4, -0.2) is 0 Å². The molecule has 0 bridgehead atoms. The third kappa shape index (κ3) is 6.04. The molecule has 0 unspecified atom stereocenters. The molecule has 1 atom stereocenters. The van der Waals surface area contributed by atoms with Crippen LogP contribution in [0.2, 0.25) is 0 Å². The highest BCUT2D eigenvalue weighted by molar-refractivity contribution is 7.80. The highest BCUT2D eigenvalue weighted by Gasteiger charge is 2.16. The Labute approximate surface area is 265 Å². The van der Waals surface area contributed by atoms with Crippen molar-refractivity contribution >= 4 is 29.6 Å². The Morgan fingerprint density at radius 3 is 2.00 bits per heavy atom. The first-order chi connectivity index (χ1) is 21.7. The second-order valence-electron chi connectivity index (χ2n) is 11.2. The molecule has 7 rings (SSSR count). The lowest BCUT2D eigenvalue weighted by Crippen LogP contribution is -2.00. The van der Waals surface area contributed by atoms with Crippen LogP contribution in [0.15, 0.2) is 175 Å². The van der Waals surface area contributed by atoms with E-state index in [4.69, 9.17) is 12.6 Å². The zero-order chi connectivity index (χ0) is 29.7. The van der Waals surface area contributed by atoms with Crippen LogP contribution in [0.1, 0.15) is 23.5 Å². The van der Waals surface area contributed by atoms with Gasteiger partial charge in [0.2, 0.25) is 0 Å². The molecule has 0 heterocycles. The molecular formula is C42H33NS. The van der Waals surface area contributed by atoms with Gasteiger partial charge in [0.1, 0.15) is 0 Å². The van der Waals surface area contributed by atoms with Crippen LogP contribution in [0.5, 0.6) is 0 Å². The number of allylic oxidation sites excluding steroid dienone is 4.